The molecule has 0 N–H and O–H groups in total. The normalized spacial score (nSPS) is 9.80. The maximum absolute atomic E-state index is 11.5. The SMILES string of the molecule is CCOc1ccc(CBr)cc1C(=O)OC. The van der Waals surface area contributed by atoms with Crippen LogP contribution < -0.4 is 4.74 Å². The van der Waals surface area contributed by atoms with Gasteiger partial charge in [0.15, 0.2) is 0 Å². The zero-order valence-electron chi connectivity index (χ0n) is 8.75. The third-order valence-corrected chi connectivity index (χ3v) is 2.55. The molecule has 3 nitrogen and oxygen atoms in total. The molecule has 0 saturated carbocycles. The van der Waals surface area contributed by atoms with E-state index in [4.69, 9.17) is 4.74 Å². The number of carbonyl (C=O) groups is 1. The van der Waals surface area contributed by atoms with Gasteiger partial charge in [-0.05, 0) is 24.6 Å². The summed E-state index contributed by atoms with van der Waals surface area (Å²) in [6.45, 7) is 2.40. The van der Waals surface area contributed by atoms with Gasteiger partial charge in [-0.25, -0.2) is 4.79 Å². The van der Waals surface area contributed by atoms with Gasteiger partial charge in [-0.3, -0.25) is 0 Å². The van der Waals surface area contributed by atoms with E-state index in [0.717, 1.165) is 5.56 Å². The molecule has 1 rings (SSSR count). The molecule has 15 heavy (non-hydrogen) atoms. The molecule has 0 unspecified atom stereocenters. The van der Waals surface area contributed by atoms with Crippen molar-refractivity contribution in [2.75, 3.05) is 13.7 Å². The third kappa shape index (κ3) is 2.96. The fraction of sp³-hybridized carbons (Fsp3) is 0.364. The van der Waals surface area contributed by atoms with Crippen LogP contribution >= 0.6 is 15.9 Å². The lowest BCUT2D eigenvalue weighted by Gasteiger charge is -2.09. The molecule has 1 aromatic rings. The third-order valence-electron chi connectivity index (χ3n) is 1.90. The number of carbonyl (C=O) groups excluding carboxylic acids is 1. The highest BCUT2D eigenvalue weighted by Gasteiger charge is 2.13. The lowest BCUT2D eigenvalue weighted by molar-refractivity contribution is 0.0596. The smallest absolute Gasteiger partial charge is 0.341 e. The Kier molecular flexibility index (Phi) is 4.62. The van der Waals surface area contributed by atoms with Crippen LogP contribution in [0, 0.1) is 0 Å². The summed E-state index contributed by atoms with van der Waals surface area (Å²) in [7, 11) is 1.36. The first-order valence-corrected chi connectivity index (χ1v) is 5.75. The standard InChI is InChI=1S/C11H13BrO3/c1-3-15-10-5-4-8(7-12)6-9(10)11(13)14-2/h4-6H,3,7H2,1-2H3. The van der Waals surface area contributed by atoms with Gasteiger partial charge < -0.3 is 9.47 Å². The fourth-order valence-electron chi connectivity index (χ4n) is 1.21. The predicted molar refractivity (Wildman–Crippen MR) is 61.6 cm³/mol. The van der Waals surface area contributed by atoms with Gasteiger partial charge in [0.1, 0.15) is 11.3 Å². The molecule has 0 saturated heterocycles. The Labute approximate surface area is 97.5 Å². The molecule has 0 heterocycles. The molecule has 4 heteroatoms. The zero-order chi connectivity index (χ0) is 11.3. The number of alkyl halides is 1. The summed E-state index contributed by atoms with van der Waals surface area (Å²) in [5.41, 5.74) is 1.48. The first-order chi connectivity index (χ1) is 7.22. The molecular formula is C11H13BrO3. The van der Waals surface area contributed by atoms with Gasteiger partial charge in [0.25, 0.3) is 0 Å². The van der Waals surface area contributed by atoms with Crippen LogP contribution in [0.15, 0.2) is 18.2 Å². The van der Waals surface area contributed by atoms with E-state index in [1.54, 1.807) is 12.1 Å². The highest BCUT2D eigenvalue weighted by atomic mass is 79.9. The van der Waals surface area contributed by atoms with Crippen molar-refractivity contribution in [2.45, 2.75) is 12.3 Å². The van der Waals surface area contributed by atoms with E-state index < -0.39 is 0 Å². The molecule has 0 radical (unpaired) electrons. The second kappa shape index (κ2) is 5.75. The summed E-state index contributed by atoms with van der Waals surface area (Å²) in [5.74, 6) is 0.190. The molecule has 0 spiro atoms. The molecule has 0 amide bonds. The molecule has 0 aliphatic rings. The second-order valence-electron chi connectivity index (χ2n) is 2.89. The van der Waals surface area contributed by atoms with Crippen LogP contribution in [0.3, 0.4) is 0 Å². The van der Waals surface area contributed by atoms with E-state index in [1.807, 2.05) is 13.0 Å². The number of rotatable bonds is 4. The summed E-state index contributed by atoms with van der Waals surface area (Å²) >= 11 is 3.33. The topological polar surface area (TPSA) is 35.5 Å². The molecule has 0 aliphatic heterocycles. The fourth-order valence-corrected chi connectivity index (χ4v) is 1.56. The number of esters is 1. The molecule has 0 atom stereocenters. The van der Waals surface area contributed by atoms with Crippen molar-refractivity contribution >= 4 is 21.9 Å². The number of halogens is 1. The Balaban J connectivity index is 3.10. The van der Waals surface area contributed by atoms with E-state index in [-0.39, 0.29) is 5.97 Å². The quantitative estimate of drug-likeness (QED) is 0.625. The van der Waals surface area contributed by atoms with Gasteiger partial charge in [-0.2, -0.15) is 0 Å². The van der Waals surface area contributed by atoms with Gasteiger partial charge in [0.2, 0.25) is 0 Å². The Morgan fingerprint density at radius 2 is 2.20 bits per heavy atom. The average Bonchev–Trinajstić information content (AvgIpc) is 2.29. The summed E-state index contributed by atoms with van der Waals surface area (Å²) in [5, 5.41) is 0.698. The lowest BCUT2D eigenvalue weighted by Crippen LogP contribution is -2.06. The van der Waals surface area contributed by atoms with Crippen molar-refractivity contribution in [2.24, 2.45) is 0 Å². The van der Waals surface area contributed by atoms with Gasteiger partial charge in [0.05, 0.1) is 13.7 Å². The minimum absolute atomic E-state index is 0.374. The van der Waals surface area contributed by atoms with E-state index in [1.165, 1.54) is 7.11 Å². The van der Waals surface area contributed by atoms with Crippen LogP contribution in [0.4, 0.5) is 0 Å². The van der Waals surface area contributed by atoms with Crippen molar-refractivity contribution in [3.8, 4) is 5.75 Å². The van der Waals surface area contributed by atoms with Crippen LogP contribution in [0.25, 0.3) is 0 Å². The van der Waals surface area contributed by atoms with Crippen molar-refractivity contribution < 1.29 is 14.3 Å². The van der Waals surface area contributed by atoms with Gasteiger partial charge in [-0.1, -0.05) is 22.0 Å². The van der Waals surface area contributed by atoms with E-state index in [2.05, 4.69) is 20.7 Å². The summed E-state index contributed by atoms with van der Waals surface area (Å²) in [6, 6.07) is 5.46. The van der Waals surface area contributed by atoms with Crippen molar-refractivity contribution in [3.63, 3.8) is 0 Å². The zero-order valence-corrected chi connectivity index (χ0v) is 10.3. The minimum Gasteiger partial charge on any atom is -0.493 e. The van der Waals surface area contributed by atoms with Crippen molar-refractivity contribution in [1.82, 2.24) is 0 Å². The Hall–Kier alpha value is -1.03. The van der Waals surface area contributed by atoms with Crippen LogP contribution in [0.2, 0.25) is 0 Å². The maximum Gasteiger partial charge on any atom is 0.341 e. The van der Waals surface area contributed by atoms with Crippen LogP contribution in [0.1, 0.15) is 22.8 Å². The predicted octanol–water partition coefficient (Wildman–Crippen LogP) is 2.77. The average molecular weight is 273 g/mol. The van der Waals surface area contributed by atoms with Gasteiger partial charge >= 0.3 is 5.97 Å². The van der Waals surface area contributed by atoms with E-state index >= 15 is 0 Å². The second-order valence-corrected chi connectivity index (χ2v) is 3.45. The monoisotopic (exact) mass is 272 g/mol. The van der Waals surface area contributed by atoms with Gasteiger partial charge in [0, 0.05) is 5.33 Å². The minimum atomic E-state index is -0.374. The van der Waals surface area contributed by atoms with Crippen LogP contribution in [0.5, 0.6) is 5.75 Å². The van der Waals surface area contributed by atoms with Crippen molar-refractivity contribution in [3.05, 3.63) is 29.3 Å². The maximum atomic E-state index is 11.5. The van der Waals surface area contributed by atoms with E-state index in [0.29, 0.717) is 23.2 Å². The Morgan fingerprint density at radius 1 is 1.47 bits per heavy atom. The number of hydrogen-bond donors (Lipinski definition) is 0. The van der Waals surface area contributed by atoms with Crippen LogP contribution in [-0.4, -0.2) is 19.7 Å². The summed E-state index contributed by atoms with van der Waals surface area (Å²) in [6.07, 6.45) is 0. The molecular weight excluding hydrogens is 260 g/mol. The highest BCUT2D eigenvalue weighted by molar-refractivity contribution is 9.08. The molecule has 1 aromatic carbocycles. The van der Waals surface area contributed by atoms with Crippen LogP contribution in [-0.2, 0) is 10.1 Å². The summed E-state index contributed by atoms with van der Waals surface area (Å²) in [4.78, 5) is 11.5. The number of ether oxygens (including phenoxy) is 2. The first-order valence-electron chi connectivity index (χ1n) is 4.63. The molecule has 0 aliphatic carbocycles. The van der Waals surface area contributed by atoms with Crippen molar-refractivity contribution in [1.29, 1.82) is 0 Å². The first kappa shape index (κ1) is 12.0. The lowest BCUT2D eigenvalue weighted by atomic mass is 10.1. The van der Waals surface area contributed by atoms with E-state index in [9.17, 15) is 4.79 Å². The largest absolute Gasteiger partial charge is 0.493 e. The number of hydrogen-bond acceptors (Lipinski definition) is 3. The Bertz CT molecular complexity index is 350. The number of methoxy groups -OCH3 is 1. The molecule has 0 aromatic heterocycles. The van der Waals surface area contributed by atoms with Gasteiger partial charge in [-0.15, -0.1) is 0 Å². The Morgan fingerprint density at radius 3 is 2.73 bits per heavy atom. The number of benzene rings is 1. The molecule has 82 valence electrons. The summed E-state index contributed by atoms with van der Waals surface area (Å²) < 4.78 is 10.0. The molecule has 0 fully saturated rings. The highest BCUT2D eigenvalue weighted by Crippen LogP contribution is 2.22. The molecule has 0 bridgehead atoms.